The molecule has 0 heterocycles. The molecule has 0 fully saturated rings. The van der Waals surface area contributed by atoms with Crippen molar-refractivity contribution in [3.05, 3.63) is 48.0 Å². The molecule has 0 aliphatic carbocycles. The molecule has 0 aliphatic rings. The number of benzene rings is 2. The van der Waals surface area contributed by atoms with E-state index in [4.69, 9.17) is 10.8 Å². The molecule has 0 aromatic heterocycles. The molecule has 0 radical (unpaired) electrons. The second-order valence-corrected chi connectivity index (χ2v) is 9.49. The Labute approximate surface area is 213 Å². The highest BCUT2D eigenvalue weighted by Gasteiger charge is 2.24. The first-order valence-corrected chi connectivity index (χ1v) is 12.8. The van der Waals surface area contributed by atoms with E-state index in [-0.39, 0.29) is 37.6 Å². The van der Waals surface area contributed by atoms with Crippen molar-refractivity contribution in [3.8, 4) is 0 Å². The van der Waals surface area contributed by atoms with Crippen LogP contribution in [0.5, 0.6) is 0 Å². The van der Waals surface area contributed by atoms with E-state index in [0.717, 1.165) is 22.8 Å². The van der Waals surface area contributed by atoms with Gasteiger partial charge >= 0.3 is 5.97 Å². The first-order chi connectivity index (χ1) is 16.8. The number of fused-ring (bicyclic) bond motifs is 1. The summed E-state index contributed by atoms with van der Waals surface area (Å²) >= 11 is 4.28. The Morgan fingerprint density at radius 3 is 2.54 bits per heavy atom. The number of rotatable bonds is 16. The number of nitrogens with zero attached hydrogens (tertiary/aromatic N) is 1. The smallest absolute Gasteiger partial charge is 0.326 e. The predicted octanol–water partition coefficient (Wildman–Crippen LogP) is 1.86. The number of nitrogens with two attached hydrogens (primary N) is 1. The third kappa shape index (κ3) is 9.42. The number of thiol groups is 1. The average molecular weight is 505 g/mol. The Hall–Kier alpha value is -2.17. The van der Waals surface area contributed by atoms with Crippen LogP contribution in [-0.2, 0) is 16.1 Å². The van der Waals surface area contributed by atoms with Gasteiger partial charge in [-0.05, 0) is 22.3 Å². The number of hydrogen-bond donors (Lipinski definition) is 6. The van der Waals surface area contributed by atoms with Crippen LogP contribution >= 0.6 is 12.6 Å². The number of aliphatic carboxylic acids is 1. The van der Waals surface area contributed by atoms with Crippen LogP contribution < -0.4 is 16.4 Å². The summed E-state index contributed by atoms with van der Waals surface area (Å²) in [7, 11) is 0. The van der Waals surface area contributed by atoms with Gasteiger partial charge in [0.1, 0.15) is 6.04 Å². The molecule has 2 aromatic carbocycles. The first-order valence-electron chi connectivity index (χ1n) is 12.2. The van der Waals surface area contributed by atoms with Gasteiger partial charge in [-0.3, -0.25) is 9.69 Å². The lowest BCUT2D eigenvalue weighted by Gasteiger charge is -2.32. The Balaban J connectivity index is 2.27. The van der Waals surface area contributed by atoms with Crippen molar-refractivity contribution in [1.82, 2.24) is 15.5 Å². The molecule has 0 saturated heterocycles. The van der Waals surface area contributed by atoms with Gasteiger partial charge in [0.15, 0.2) is 0 Å². The second-order valence-electron chi connectivity index (χ2n) is 9.12. The second kappa shape index (κ2) is 15.1. The maximum atomic E-state index is 12.9. The highest BCUT2D eigenvalue weighted by molar-refractivity contribution is 7.80. The van der Waals surface area contributed by atoms with Crippen LogP contribution in [0.25, 0.3) is 10.8 Å². The number of aliphatic hydroxyl groups excluding tert-OH is 1. The zero-order valence-electron chi connectivity index (χ0n) is 20.7. The van der Waals surface area contributed by atoms with E-state index in [9.17, 15) is 14.7 Å². The van der Waals surface area contributed by atoms with Gasteiger partial charge in [-0.1, -0.05) is 62.7 Å². The molecule has 0 aliphatic heterocycles. The molecule has 4 atom stereocenters. The lowest BCUT2D eigenvalue weighted by molar-refractivity contribution is -0.142. The normalized spacial score (nSPS) is 15.0. The van der Waals surface area contributed by atoms with Crippen LogP contribution in [0.15, 0.2) is 42.5 Å². The topological polar surface area (TPSA) is 128 Å². The van der Waals surface area contributed by atoms with Crippen molar-refractivity contribution < 1.29 is 19.8 Å². The quantitative estimate of drug-likeness (QED) is 0.193. The van der Waals surface area contributed by atoms with Crippen LogP contribution in [0.2, 0.25) is 0 Å². The summed E-state index contributed by atoms with van der Waals surface area (Å²) in [6.45, 7) is 5.74. The molecule has 1 amide bonds. The monoisotopic (exact) mass is 504 g/mol. The van der Waals surface area contributed by atoms with Crippen molar-refractivity contribution in [3.63, 3.8) is 0 Å². The molecule has 0 spiro atoms. The fraction of sp³-hybridized carbons (Fsp3) is 0.538. The number of carbonyl (C=O) groups excluding carboxylic acids is 1. The highest BCUT2D eigenvalue weighted by atomic mass is 32.1. The lowest BCUT2D eigenvalue weighted by Crippen LogP contribution is -2.51. The molecule has 0 unspecified atom stereocenters. The molecule has 194 valence electrons. The molecule has 35 heavy (non-hydrogen) atoms. The first kappa shape index (κ1) is 29.1. The van der Waals surface area contributed by atoms with Crippen LogP contribution in [0.1, 0.15) is 32.3 Å². The summed E-state index contributed by atoms with van der Waals surface area (Å²) in [4.78, 5) is 26.4. The summed E-state index contributed by atoms with van der Waals surface area (Å²) in [6.07, 6.45) is 0.919. The number of amides is 1. The van der Waals surface area contributed by atoms with Gasteiger partial charge in [0.2, 0.25) is 5.91 Å². The molecule has 0 bridgehead atoms. The van der Waals surface area contributed by atoms with Crippen LogP contribution in [0.3, 0.4) is 0 Å². The maximum absolute atomic E-state index is 12.9. The van der Waals surface area contributed by atoms with Crippen molar-refractivity contribution in [2.24, 2.45) is 11.7 Å². The Morgan fingerprint density at radius 2 is 1.89 bits per heavy atom. The van der Waals surface area contributed by atoms with Crippen LogP contribution in [0, 0.1) is 5.92 Å². The maximum Gasteiger partial charge on any atom is 0.326 e. The molecule has 9 heteroatoms. The minimum Gasteiger partial charge on any atom is -0.480 e. The van der Waals surface area contributed by atoms with Crippen molar-refractivity contribution >= 4 is 35.3 Å². The summed E-state index contributed by atoms with van der Waals surface area (Å²) in [5.74, 6) is -0.639. The number of carboxylic acid groups (broad SMARTS) is 1. The Kier molecular flexibility index (Phi) is 12.5. The van der Waals surface area contributed by atoms with Gasteiger partial charge in [-0.25, -0.2) is 4.79 Å². The summed E-state index contributed by atoms with van der Waals surface area (Å²) in [5.41, 5.74) is 7.17. The van der Waals surface area contributed by atoms with E-state index in [0.29, 0.717) is 31.3 Å². The lowest BCUT2D eigenvalue weighted by atomic mass is 9.97. The van der Waals surface area contributed by atoms with E-state index in [1.54, 1.807) is 0 Å². The SMILES string of the molecule is CC[C@H](C)[C@@H](CN(CC(=O)N[C@@H](CCO)C(=O)O)Cc1cccc2ccccc12)NC[C@@H](N)CS. The van der Waals surface area contributed by atoms with E-state index >= 15 is 0 Å². The Bertz CT molecular complexity index is 939. The predicted molar refractivity (Wildman–Crippen MR) is 144 cm³/mol. The third-order valence-electron chi connectivity index (χ3n) is 6.35. The van der Waals surface area contributed by atoms with Gasteiger partial charge in [0.05, 0.1) is 6.54 Å². The molecule has 0 saturated carbocycles. The van der Waals surface area contributed by atoms with Gasteiger partial charge in [0, 0.05) is 50.5 Å². The van der Waals surface area contributed by atoms with E-state index in [1.807, 2.05) is 23.1 Å². The van der Waals surface area contributed by atoms with Crippen molar-refractivity contribution in [2.45, 2.75) is 51.4 Å². The van der Waals surface area contributed by atoms with Gasteiger partial charge < -0.3 is 26.6 Å². The standard InChI is InChI=1S/C26H40N4O4S/c1-3-18(2)24(28-13-21(27)17-35)15-30(16-25(32)29-23(11-12-31)26(33)34)14-20-9-6-8-19-7-4-5-10-22(19)20/h4-10,18,21,23-24,28,31,35H,3,11-17,27H2,1-2H3,(H,29,32)(H,33,34)/t18-,21+,23-,24+/m0/s1. The summed E-state index contributed by atoms with van der Waals surface area (Å²) < 4.78 is 0. The third-order valence-corrected chi connectivity index (χ3v) is 6.82. The fourth-order valence-electron chi connectivity index (χ4n) is 4.06. The van der Waals surface area contributed by atoms with Crippen LogP contribution in [0.4, 0.5) is 0 Å². The van der Waals surface area contributed by atoms with Crippen molar-refractivity contribution in [1.29, 1.82) is 0 Å². The minimum absolute atomic E-state index is 0.0334. The van der Waals surface area contributed by atoms with E-state index < -0.39 is 12.0 Å². The summed E-state index contributed by atoms with van der Waals surface area (Å²) in [6, 6.07) is 13.1. The number of nitrogens with one attached hydrogen (secondary N) is 2. The average Bonchev–Trinajstić information content (AvgIpc) is 2.85. The number of aliphatic hydroxyl groups is 1. The van der Waals surface area contributed by atoms with E-state index in [2.05, 4.69) is 61.4 Å². The largest absolute Gasteiger partial charge is 0.480 e. The zero-order chi connectivity index (χ0) is 25.8. The number of carboxylic acids is 1. The summed E-state index contributed by atoms with van der Waals surface area (Å²) in [5, 5.41) is 26.9. The molecule has 8 nitrogen and oxygen atoms in total. The minimum atomic E-state index is -1.16. The molecular formula is C26H40N4O4S. The van der Waals surface area contributed by atoms with Crippen molar-refractivity contribution in [2.75, 3.05) is 32.0 Å². The highest BCUT2D eigenvalue weighted by Crippen LogP contribution is 2.21. The molecule has 2 aromatic rings. The van der Waals surface area contributed by atoms with Crippen LogP contribution in [-0.4, -0.2) is 77.1 Å². The molecular weight excluding hydrogens is 464 g/mol. The number of carbonyl (C=O) groups is 2. The van der Waals surface area contributed by atoms with E-state index in [1.165, 1.54) is 0 Å². The number of hydrogen-bond acceptors (Lipinski definition) is 7. The Morgan fingerprint density at radius 1 is 1.17 bits per heavy atom. The van der Waals surface area contributed by atoms with Gasteiger partial charge in [0.25, 0.3) is 0 Å². The van der Waals surface area contributed by atoms with Gasteiger partial charge in [-0.15, -0.1) is 0 Å². The zero-order valence-corrected chi connectivity index (χ0v) is 21.6. The fourth-order valence-corrected chi connectivity index (χ4v) is 4.19. The van der Waals surface area contributed by atoms with Gasteiger partial charge in [-0.2, -0.15) is 12.6 Å². The molecule has 6 N–H and O–H groups in total. The molecule has 2 rings (SSSR count).